The van der Waals surface area contributed by atoms with Crippen molar-refractivity contribution in [1.82, 2.24) is 4.90 Å². The molecule has 2 heterocycles. The third-order valence-corrected chi connectivity index (χ3v) is 4.77. The predicted octanol–water partition coefficient (Wildman–Crippen LogP) is 2.81. The zero-order valence-corrected chi connectivity index (χ0v) is 11.3. The molecular weight excluding hydrogens is 224 g/mol. The Bertz CT molecular complexity index is 413. The largest absolute Gasteiger partial charge is 0.465 e. The van der Waals surface area contributed by atoms with E-state index in [2.05, 4.69) is 17.9 Å². The fraction of sp³-hybridized carbons (Fsp3) is 0.733. The molecule has 2 atom stereocenters. The molecule has 1 aliphatic heterocycles. The third-order valence-electron chi connectivity index (χ3n) is 4.77. The molecule has 0 radical (unpaired) electrons. The molecule has 1 saturated heterocycles. The minimum atomic E-state index is 0.507. The summed E-state index contributed by atoms with van der Waals surface area (Å²) >= 11 is 0. The summed E-state index contributed by atoms with van der Waals surface area (Å²) in [6.45, 7) is 4.88. The molecule has 2 aliphatic rings. The van der Waals surface area contributed by atoms with Gasteiger partial charge in [0.2, 0.25) is 0 Å². The summed E-state index contributed by atoms with van der Waals surface area (Å²) in [7, 11) is 0. The summed E-state index contributed by atoms with van der Waals surface area (Å²) in [5, 5.41) is 0. The Labute approximate surface area is 109 Å². The van der Waals surface area contributed by atoms with Crippen molar-refractivity contribution in [3.05, 3.63) is 23.2 Å². The molecule has 2 unspecified atom stereocenters. The van der Waals surface area contributed by atoms with Crippen LogP contribution in [-0.4, -0.2) is 17.5 Å². The molecule has 1 aliphatic carbocycles. The lowest BCUT2D eigenvalue weighted by molar-refractivity contribution is 0.175. The Morgan fingerprint density at radius 3 is 2.94 bits per heavy atom. The number of aryl methyl sites for hydroxylation is 1. The van der Waals surface area contributed by atoms with E-state index in [1.807, 2.05) is 0 Å². The van der Waals surface area contributed by atoms with Crippen molar-refractivity contribution in [3.8, 4) is 0 Å². The summed E-state index contributed by atoms with van der Waals surface area (Å²) in [5.74, 6) is 2.93. The van der Waals surface area contributed by atoms with Gasteiger partial charge in [0.1, 0.15) is 11.5 Å². The smallest absolute Gasteiger partial charge is 0.118 e. The highest BCUT2D eigenvalue weighted by molar-refractivity contribution is 5.21. The van der Waals surface area contributed by atoms with Gasteiger partial charge in [-0.15, -0.1) is 0 Å². The number of hydrogen-bond donors (Lipinski definition) is 1. The molecule has 0 bridgehead atoms. The van der Waals surface area contributed by atoms with Crippen LogP contribution in [0, 0.1) is 12.8 Å². The van der Waals surface area contributed by atoms with Gasteiger partial charge in [-0.1, -0.05) is 12.8 Å². The van der Waals surface area contributed by atoms with Crippen LogP contribution in [0.4, 0.5) is 0 Å². The normalized spacial score (nSPS) is 28.6. The first-order valence-electron chi connectivity index (χ1n) is 7.30. The summed E-state index contributed by atoms with van der Waals surface area (Å²) in [6.07, 6.45) is 7.09. The summed E-state index contributed by atoms with van der Waals surface area (Å²) in [4.78, 5) is 2.67. The van der Waals surface area contributed by atoms with E-state index in [1.165, 1.54) is 44.2 Å². The van der Waals surface area contributed by atoms with Crippen molar-refractivity contribution < 1.29 is 4.42 Å². The summed E-state index contributed by atoms with van der Waals surface area (Å²) in [6, 6.07) is 2.97. The number of nitrogens with zero attached hydrogens (tertiary/aromatic N) is 1. The van der Waals surface area contributed by atoms with Gasteiger partial charge < -0.3 is 10.2 Å². The van der Waals surface area contributed by atoms with Crippen molar-refractivity contribution in [3.63, 3.8) is 0 Å². The van der Waals surface area contributed by atoms with Gasteiger partial charge in [-0.2, -0.15) is 0 Å². The standard InChI is InChI=1S/C15H24N2O/c1-11-13(8-14(9-16)18-11)10-17-7-6-12-4-2-3-5-15(12)17/h8,12,15H,2-7,9-10,16H2,1H3. The Morgan fingerprint density at radius 2 is 2.17 bits per heavy atom. The number of fused-ring (bicyclic) bond motifs is 1. The molecule has 3 heteroatoms. The lowest BCUT2D eigenvalue weighted by Crippen LogP contribution is -2.34. The van der Waals surface area contributed by atoms with Gasteiger partial charge in [0.25, 0.3) is 0 Å². The number of rotatable bonds is 3. The second kappa shape index (κ2) is 5.06. The van der Waals surface area contributed by atoms with Crippen LogP contribution in [0.3, 0.4) is 0 Å². The van der Waals surface area contributed by atoms with Crippen molar-refractivity contribution in [2.24, 2.45) is 11.7 Å². The maximum Gasteiger partial charge on any atom is 0.118 e. The van der Waals surface area contributed by atoms with E-state index >= 15 is 0 Å². The van der Waals surface area contributed by atoms with E-state index in [-0.39, 0.29) is 0 Å². The minimum absolute atomic E-state index is 0.507. The highest BCUT2D eigenvalue weighted by Crippen LogP contribution is 2.37. The number of likely N-dealkylation sites (tertiary alicyclic amines) is 1. The van der Waals surface area contributed by atoms with Gasteiger partial charge in [0.05, 0.1) is 6.54 Å². The molecule has 3 rings (SSSR count). The molecule has 100 valence electrons. The molecule has 1 saturated carbocycles. The molecule has 1 aromatic rings. The van der Waals surface area contributed by atoms with Gasteiger partial charge >= 0.3 is 0 Å². The van der Waals surface area contributed by atoms with Crippen molar-refractivity contribution in [2.45, 2.75) is 58.2 Å². The third kappa shape index (κ3) is 2.21. The Kier molecular flexibility index (Phi) is 3.44. The molecular formula is C15H24N2O. The van der Waals surface area contributed by atoms with Gasteiger partial charge in [-0.25, -0.2) is 0 Å². The van der Waals surface area contributed by atoms with Crippen LogP contribution in [-0.2, 0) is 13.1 Å². The van der Waals surface area contributed by atoms with E-state index in [0.717, 1.165) is 30.0 Å². The molecule has 2 fully saturated rings. The molecule has 18 heavy (non-hydrogen) atoms. The van der Waals surface area contributed by atoms with Crippen LogP contribution in [0.5, 0.6) is 0 Å². The average Bonchev–Trinajstić information content (AvgIpc) is 2.95. The molecule has 0 amide bonds. The first-order chi connectivity index (χ1) is 8.78. The van der Waals surface area contributed by atoms with Gasteiger partial charge in [-0.3, -0.25) is 4.90 Å². The maximum atomic E-state index is 5.66. The fourth-order valence-electron chi connectivity index (χ4n) is 3.76. The fourth-order valence-corrected chi connectivity index (χ4v) is 3.76. The van der Waals surface area contributed by atoms with Gasteiger partial charge in [0.15, 0.2) is 0 Å². The maximum absolute atomic E-state index is 5.66. The highest BCUT2D eigenvalue weighted by Gasteiger charge is 2.35. The average molecular weight is 248 g/mol. The topological polar surface area (TPSA) is 42.4 Å². The molecule has 1 aromatic heterocycles. The first kappa shape index (κ1) is 12.2. The van der Waals surface area contributed by atoms with E-state index in [0.29, 0.717) is 6.54 Å². The number of hydrogen-bond acceptors (Lipinski definition) is 3. The van der Waals surface area contributed by atoms with E-state index in [1.54, 1.807) is 0 Å². The first-order valence-corrected chi connectivity index (χ1v) is 7.30. The Hall–Kier alpha value is -0.800. The molecule has 3 nitrogen and oxygen atoms in total. The van der Waals surface area contributed by atoms with Crippen LogP contribution in [0.25, 0.3) is 0 Å². The lowest BCUT2D eigenvalue weighted by Gasteiger charge is -2.31. The van der Waals surface area contributed by atoms with Crippen LogP contribution in [0.2, 0.25) is 0 Å². The van der Waals surface area contributed by atoms with Crippen LogP contribution in [0.1, 0.15) is 49.2 Å². The van der Waals surface area contributed by atoms with Crippen molar-refractivity contribution >= 4 is 0 Å². The second-order valence-electron chi connectivity index (χ2n) is 5.87. The van der Waals surface area contributed by atoms with Crippen LogP contribution < -0.4 is 5.73 Å². The molecule has 0 aromatic carbocycles. The van der Waals surface area contributed by atoms with Gasteiger partial charge in [-0.05, 0) is 44.7 Å². The van der Waals surface area contributed by atoms with E-state index < -0.39 is 0 Å². The molecule has 0 spiro atoms. The zero-order valence-electron chi connectivity index (χ0n) is 11.3. The quantitative estimate of drug-likeness (QED) is 0.894. The van der Waals surface area contributed by atoms with Crippen LogP contribution in [0.15, 0.2) is 10.5 Å². The van der Waals surface area contributed by atoms with Crippen LogP contribution >= 0.6 is 0 Å². The Morgan fingerprint density at radius 1 is 1.33 bits per heavy atom. The number of furan rings is 1. The minimum Gasteiger partial charge on any atom is -0.465 e. The monoisotopic (exact) mass is 248 g/mol. The van der Waals surface area contributed by atoms with Crippen molar-refractivity contribution in [2.75, 3.05) is 6.54 Å². The van der Waals surface area contributed by atoms with Crippen molar-refractivity contribution in [1.29, 1.82) is 0 Å². The summed E-state index contributed by atoms with van der Waals surface area (Å²) < 4.78 is 5.66. The molecule has 2 N–H and O–H groups in total. The lowest BCUT2D eigenvalue weighted by atomic mass is 9.85. The van der Waals surface area contributed by atoms with E-state index in [4.69, 9.17) is 10.2 Å². The SMILES string of the molecule is Cc1oc(CN)cc1CN1CCC2CCCCC21. The Balaban J connectivity index is 1.70. The second-order valence-corrected chi connectivity index (χ2v) is 5.87. The summed E-state index contributed by atoms with van der Waals surface area (Å²) in [5.41, 5.74) is 6.97. The number of nitrogens with two attached hydrogens (primary N) is 1. The predicted molar refractivity (Wildman–Crippen MR) is 72.1 cm³/mol. The zero-order chi connectivity index (χ0) is 12.5. The van der Waals surface area contributed by atoms with Gasteiger partial charge in [0, 0.05) is 18.2 Å². The van der Waals surface area contributed by atoms with E-state index in [9.17, 15) is 0 Å². The highest BCUT2D eigenvalue weighted by atomic mass is 16.3.